The first-order chi connectivity index (χ1) is 9.12. The molecule has 0 aliphatic carbocycles. The van der Waals surface area contributed by atoms with Crippen LogP contribution in [-0.4, -0.2) is 14.2 Å². The fourth-order valence-corrected chi connectivity index (χ4v) is 2.17. The molecule has 19 heavy (non-hydrogen) atoms. The van der Waals surface area contributed by atoms with Crippen molar-refractivity contribution in [3.8, 4) is 11.5 Å². The number of benzene rings is 1. The summed E-state index contributed by atoms with van der Waals surface area (Å²) in [6.07, 6.45) is 3.32. The van der Waals surface area contributed by atoms with E-state index in [9.17, 15) is 0 Å². The maximum Gasteiger partial charge on any atom is 0.123 e. The van der Waals surface area contributed by atoms with Crippen LogP contribution in [0.15, 0.2) is 18.2 Å². The third-order valence-electron chi connectivity index (χ3n) is 3.29. The van der Waals surface area contributed by atoms with Crippen LogP contribution in [0.3, 0.4) is 0 Å². The number of ether oxygens (including phenoxy) is 2. The van der Waals surface area contributed by atoms with Gasteiger partial charge in [0.25, 0.3) is 0 Å². The van der Waals surface area contributed by atoms with Gasteiger partial charge in [0.1, 0.15) is 11.5 Å². The molecule has 0 saturated heterocycles. The van der Waals surface area contributed by atoms with Crippen LogP contribution in [0.2, 0.25) is 0 Å². The Labute approximate surface area is 116 Å². The van der Waals surface area contributed by atoms with E-state index in [1.54, 1.807) is 14.2 Å². The first kappa shape index (κ1) is 15.8. The second-order valence-corrected chi connectivity index (χ2v) is 5.15. The van der Waals surface area contributed by atoms with E-state index >= 15 is 0 Å². The van der Waals surface area contributed by atoms with Gasteiger partial charge in [-0.25, -0.2) is 0 Å². The predicted octanol–water partition coefficient (Wildman–Crippen LogP) is 3.03. The van der Waals surface area contributed by atoms with Crippen LogP contribution in [0.25, 0.3) is 0 Å². The maximum absolute atomic E-state index is 5.69. The highest BCUT2D eigenvalue weighted by Gasteiger charge is 2.15. The largest absolute Gasteiger partial charge is 0.497 e. The summed E-state index contributed by atoms with van der Waals surface area (Å²) < 4.78 is 10.7. The zero-order chi connectivity index (χ0) is 14.3. The van der Waals surface area contributed by atoms with Crippen molar-refractivity contribution in [2.75, 3.05) is 14.2 Å². The highest BCUT2D eigenvalue weighted by molar-refractivity contribution is 5.42. The fourth-order valence-electron chi connectivity index (χ4n) is 2.17. The molecule has 4 heteroatoms. The molecule has 0 amide bonds. The number of methoxy groups -OCH3 is 2. The molecule has 0 heterocycles. The summed E-state index contributed by atoms with van der Waals surface area (Å²) in [5, 5.41) is 0. The van der Waals surface area contributed by atoms with Gasteiger partial charge in [-0.2, -0.15) is 0 Å². The van der Waals surface area contributed by atoms with Crippen molar-refractivity contribution in [2.24, 2.45) is 11.8 Å². The predicted molar refractivity (Wildman–Crippen MR) is 78.3 cm³/mol. The van der Waals surface area contributed by atoms with Gasteiger partial charge < -0.3 is 9.47 Å². The van der Waals surface area contributed by atoms with E-state index in [1.807, 2.05) is 18.2 Å². The lowest BCUT2D eigenvalue weighted by atomic mass is 9.97. The molecule has 0 spiro atoms. The summed E-state index contributed by atoms with van der Waals surface area (Å²) in [7, 11) is 3.34. The van der Waals surface area contributed by atoms with E-state index in [0.717, 1.165) is 29.9 Å². The van der Waals surface area contributed by atoms with Crippen LogP contribution in [-0.2, 0) is 0 Å². The summed E-state index contributed by atoms with van der Waals surface area (Å²) in [6, 6.07) is 5.88. The van der Waals surface area contributed by atoms with E-state index in [4.69, 9.17) is 15.3 Å². The van der Waals surface area contributed by atoms with Crippen molar-refractivity contribution in [1.82, 2.24) is 5.43 Å². The van der Waals surface area contributed by atoms with Crippen LogP contribution in [0.4, 0.5) is 0 Å². The highest BCUT2D eigenvalue weighted by atomic mass is 16.5. The van der Waals surface area contributed by atoms with Crippen LogP contribution < -0.4 is 20.7 Å². The molecule has 108 valence electrons. The van der Waals surface area contributed by atoms with Crippen molar-refractivity contribution >= 4 is 0 Å². The fraction of sp³-hybridized carbons (Fsp3) is 0.600. The van der Waals surface area contributed by atoms with Crippen molar-refractivity contribution in [3.05, 3.63) is 23.8 Å². The molecule has 1 aromatic carbocycles. The molecule has 0 aliphatic heterocycles. The van der Waals surface area contributed by atoms with Gasteiger partial charge in [0.2, 0.25) is 0 Å². The Morgan fingerprint density at radius 1 is 1.16 bits per heavy atom. The Morgan fingerprint density at radius 2 is 1.89 bits per heavy atom. The van der Waals surface area contributed by atoms with Gasteiger partial charge in [-0.3, -0.25) is 11.3 Å². The molecular formula is C15H26N2O2. The lowest BCUT2D eigenvalue weighted by Crippen LogP contribution is -2.28. The number of hydrazine groups is 1. The van der Waals surface area contributed by atoms with Crippen LogP contribution in [0.1, 0.15) is 44.7 Å². The molecule has 0 saturated carbocycles. The zero-order valence-corrected chi connectivity index (χ0v) is 12.4. The molecule has 1 atom stereocenters. The molecule has 1 aromatic rings. The minimum absolute atomic E-state index is 0.0869. The van der Waals surface area contributed by atoms with Crippen molar-refractivity contribution in [2.45, 2.75) is 39.2 Å². The molecule has 0 fully saturated rings. The number of nitrogens with two attached hydrogens (primary N) is 1. The Balaban J connectivity index is 2.83. The smallest absolute Gasteiger partial charge is 0.123 e. The van der Waals surface area contributed by atoms with Gasteiger partial charge >= 0.3 is 0 Å². The van der Waals surface area contributed by atoms with Crippen LogP contribution in [0, 0.1) is 5.92 Å². The Kier molecular flexibility index (Phi) is 6.67. The SMILES string of the molecule is COc1ccc(OC)c(C(CCCC(C)C)NN)c1. The van der Waals surface area contributed by atoms with Gasteiger partial charge in [-0.05, 0) is 30.5 Å². The monoisotopic (exact) mass is 266 g/mol. The van der Waals surface area contributed by atoms with E-state index in [0.29, 0.717) is 5.92 Å². The summed E-state index contributed by atoms with van der Waals surface area (Å²) in [5.74, 6) is 8.06. The van der Waals surface area contributed by atoms with Crippen LogP contribution >= 0.6 is 0 Å². The standard InChI is InChI=1S/C15H26N2O2/c1-11(2)6-5-7-14(17-16)13-10-12(18-3)8-9-15(13)19-4/h8-11,14,17H,5-7,16H2,1-4H3. The second-order valence-electron chi connectivity index (χ2n) is 5.15. The number of rotatable bonds is 8. The maximum atomic E-state index is 5.69. The van der Waals surface area contributed by atoms with E-state index in [2.05, 4.69) is 19.3 Å². The number of nitrogens with one attached hydrogen (secondary N) is 1. The third kappa shape index (κ3) is 4.73. The average molecular weight is 266 g/mol. The van der Waals surface area contributed by atoms with E-state index in [-0.39, 0.29) is 6.04 Å². The topological polar surface area (TPSA) is 56.5 Å². The number of hydrogen-bond donors (Lipinski definition) is 2. The van der Waals surface area contributed by atoms with Gasteiger partial charge in [0, 0.05) is 11.6 Å². The Hall–Kier alpha value is -1.26. The molecule has 1 rings (SSSR count). The molecule has 3 N–H and O–H groups in total. The van der Waals surface area contributed by atoms with Gasteiger partial charge in [0.15, 0.2) is 0 Å². The first-order valence-corrected chi connectivity index (χ1v) is 6.80. The lowest BCUT2D eigenvalue weighted by Gasteiger charge is -2.20. The first-order valence-electron chi connectivity index (χ1n) is 6.80. The Morgan fingerprint density at radius 3 is 2.42 bits per heavy atom. The molecule has 0 radical (unpaired) electrons. The van der Waals surface area contributed by atoms with Crippen molar-refractivity contribution in [3.63, 3.8) is 0 Å². The lowest BCUT2D eigenvalue weighted by molar-refractivity contribution is 0.382. The van der Waals surface area contributed by atoms with Crippen LogP contribution in [0.5, 0.6) is 11.5 Å². The second kappa shape index (κ2) is 8.02. The molecule has 0 aromatic heterocycles. The summed E-state index contributed by atoms with van der Waals surface area (Å²) in [6.45, 7) is 4.47. The third-order valence-corrected chi connectivity index (χ3v) is 3.29. The molecule has 0 aliphatic rings. The molecule has 0 bridgehead atoms. The van der Waals surface area contributed by atoms with E-state index in [1.165, 1.54) is 6.42 Å². The average Bonchev–Trinajstić information content (AvgIpc) is 2.42. The van der Waals surface area contributed by atoms with E-state index < -0.39 is 0 Å². The van der Waals surface area contributed by atoms with Crippen molar-refractivity contribution in [1.29, 1.82) is 0 Å². The van der Waals surface area contributed by atoms with Gasteiger partial charge in [-0.15, -0.1) is 0 Å². The Bertz CT molecular complexity index is 380. The minimum atomic E-state index is 0.0869. The molecular weight excluding hydrogens is 240 g/mol. The summed E-state index contributed by atoms with van der Waals surface area (Å²) in [5.41, 5.74) is 3.93. The summed E-state index contributed by atoms with van der Waals surface area (Å²) in [4.78, 5) is 0. The normalized spacial score (nSPS) is 12.5. The highest BCUT2D eigenvalue weighted by Crippen LogP contribution is 2.31. The quantitative estimate of drug-likeness (QED) is 0.561. The van der Waals surface area contributed by atoms with Gasteiger partial charge in [-0.1, -0.05) is 26.7 Å². The molecule has 1 unspecified atom stereocenters. The van der Waals surface area contributed by atoms with Gasteiger partial charge in [0.05, 0.1) is 14.2 Å². The van der Waals surface area contributed by atoms with Crippen molar-refractivity contribution < 1.29 is 9.47 Å². The number of hydrogen-bond acceptors (Lipinski definition) is 4. The zero-order valence-electron chi connectivity index (χ0n) is 12.4. The molecule has 4 nitrogen and oxygen atoms in total. The summed E-state index contributed by atoms with van der Waals surface area (Å²) >= 11 is 0. The minimum Gasteiger partial charge on any atom is -0.497 e.